The van der Waals surface area contributed by atoms with E-state index >= 15 is 0 Å². The third-order valence-electron chi connectivity index (χ3n) is 5.66. The van der Waals surface area contributed by atoms with E-state index < -0.39 is 0 Å². The second kappa shape index (κ2) is 9.18. The maximum absolute atomic E-state index is 5.87. The van der Waals surface area contributed by atoms with Crippen molar-refractivity contribution >= 4 is 0 Å². The van der Waals surface area contributed by atoms with Gasteiger partial charge in [-0.15, -0.1) is 0 Å². The molecule has 35 heavy (non-hydrogen) atoms. The van der Waals surface area contributed by atoms with E-state index in [1.165, 1.54) is 0 Å². The molecule has 176 valence electrons. The van der Waals surface area contributed by atoms with Crippen LogP contribution in [-0.4, -0.2) is 29.5 Å². The largest absolute Gasteiger partial charge is 0.487 e. The van der Waals surface area contributed by atoms with Crippen LogP contribution in [-0.2, 0) is 19.1 Å². The summed E-state index contributed by atoms with van der Waals surface area (Å²) in [6.45, 7) is 6.87. The fourth-order valence-corrected chi connectivity index (χ4v) is 3.79. The van der Waals surface area contributed by atoms with Crippen LogP contribution in [0.1, 0.15) is 32.3 Å². The van der Waals surface area contributed by atoms with Crippen molar-refractivity contribution in [2.24, 2.45) is 7.05 Å². The average molecular weight is 465 g/mol. The molecule has 4 aromatic heterocycles. The van der Waals surface area contributed by atoms with Crippen LogP contribution in [0, 0.1) is 0 Å². The summed E-state index contributed by atoms with van der Waals surface area (Å²) >= 11 is 0. The summed E-state index contributed by atoms with van der Waals surface area (Å²) in [5.74, 6) is 1.70. The number of hydrogen-bond donors (Lipinski definition) is 1. The molecule has 5 aromatic rings. The Morgan fingerprint density at radius 3 is 2.37 bits per heavy atom. The van der Waals surface area contributed by atoms with Gasteiger partial charge in [0.05, 0.1) is 34.8 Å². The first-order valence-electron chi connectivity index (χ1n) is 11.6. The Labute approximate surface area is 204 Å². The highest BCUT2D eigenvalue weighted by atomic mass is 16.5. The van der Waals surface area contributed by atoms with E-state index in [-0.39, 0.29) is 5.41 Å². The van der Waals surface area contributed by atoms with Crippen LogP contribution >= 0.6 is 0 Å². The van der Waals surface area contributed by atoms with E-state index in [9.17, 15) is 0 Å². The third kappa shape index (κ3) is 4.99. The van der Waals surface area contributed by atoms with Gasteiger partial charge < -0.3 is 14.3 Å². The fourth-order valence-electron chi connectivity index (χ4n) is 3.79. The van der Waals surface area contributed by atoms with Crippen LogP contribution in [0.5, 0.6) is 5.75 Å². The Kier molecular flexibility index (Phi) is 5.91. The van der Waals surface area contributed by atoms with Crippen molar-refractivity contribution in [3.05, 3.63) is 91.0 Å². The van der Waals surface area contributed by atoms with Crippen molar-refractivity contribution in [2.75, 3.05) is 0 Å². The van der Waals surface area contributed by atoms with Gasteiger partial charge in [-0.2, -0.15) is 0 Å². The van der Waals surface area contributed by atoms with Crippen molar-refractivity contribution in [3.63, 3.8) is 0 Å². The lowest BCUT2D eigenvalue weighted by atomic mass is 9.96. The van der Waals surface area contributed by atoms with Gasteiger partial charge in [-0.05, 0) is 48.5 Å². The van der Waals surface area contributed by atoms with Gasteiger partial charge in [-0.3, -0.25) is 9.97 Å². The van der Waals surface area contributed by atoms with Gasteiger partial charge in [0.25, 0.3) is 0 Å². The van der Waals surface area contributed by atoms with Crippen molar-refractivity contribution in [1.82, 2.24) is 29.5 Å². The van der Waals surface area contributed by atoms with E-state index in [4.69, 9.17) is 9.72 Å². The van der Waals surface area contributed by atoms with Crippen LogP contribution in [0.25, 0.3) is 33.9 Å². The van der Waals surface area contributed by atoms with E-state index in [1.54, 1.807) is 12.5 Å². The topological polar surface area (TPSA) is 81.5 Å². The van der Waals surface area contributed by atoms with E-state index in [0.29, 0.717) is 6.61 Å². The highest BCUT2D eigenvalue weighted by molar-refractivity contribution is 5.79. The normalized spacial score (nSPS) is 11.5. The Hall–Kier alpha value is -4.26. The second-order valence-electron chi connectivity index (χ2n) is 9.55. The molecule has 7 nitrogen and oxygen atoms in total. The fraction of sp³-hybridized carbons (Fsp3) is 0.214. The summed E-state index contributed by atoms with van der Waals surface area (Å²) in [4.78, 5) is 22.0. The third-order valence-corrected chi connectivity index (χ3v) is 5.66. The summed E-state index contributed by atoms with van der Waals surface area (Å²) in [5.41, 5.74) is 6.26. The molecule has 1 aromatic carbocycles. The molecular formula is C28H28N6O. The molecule has 7 heteroatoms. The maximum Gasteiger partial charge on any atom is 0.132 e. The van der Waals surface area contributed by atoms with Crippen molar-refractivity contribution in [3.8, 4) is 39.7 Å². The van der Waals surface area contributed by atoms with Crippen molar-refractivity contribution in [1.29, 1.82) is 0 Å². The van der Waals surface area contributed by atoms with E-state index in [1.807, 2.05) is 72.5 Å². The summed E-state index contributed by atoms with van der Waals surface area (Å²) in [5, 5.41) is 0. The molecule has 0 fully saturated rings. The average Bonchev–Trinajstić information content (AvgIpc) is 3.50. The number of aryl methyl sites for hydroxylation is 1. The standard InChI is InChI=1S/C28H28N6O/c1-28(2,3)27-32-25(26(33-27)23-7-5-6-13-29-23)20-12-14-30-24(15-20)19-8-10-22(11-9-19)35-17-21-16-34(4)18-31-21/h5-16,18H,17H2,1-4H3,(H,32,33). The molecule has 0 saturated heterocycles. The molecule has 0 spiro atoms. The first-order chi connectivity index (χ1) is 16.9. The molecule has 0 amide bonds. The number of nitrogens with one attached hydrogen (secondary N) is 1. The highest BCUT2D eigenvalue weighted by Gasteiger charge is 2.23. The zero-order chi connectivity index (χ0) is 24.4. The Bertz CT molecular complexity index is 1430. The quantitative estimate of drug-likeness (QED) is 0.343. The van der Waals surface area contributed by atoms with Crippen LogP contribution in [0.15, 0.2) is 79.5 Å². The number of nitrogens with zero attached hydrogens (tertiary/aromatic N) is 5. The lowest BCUT2D eigenvalue weighted by Crippen LogP contribution is -2.13. The number of aromatic nitrogens is 6. The van der Waals surface area contributed by atoms with Crippen molar-refractivity contribution in [2.45, 2.75) is 32.8 Å². The molecule has 0 aliphatic rings. The van der Waals surface area contributed by atoms with Crippen LogP contribution in [0.3, 0.4) is 0 Å². The molecule has 0 bridgehead atoms. The Morgan fingerprint density at radius 2 is 1.69 bits per heavy atom. The number of pyridine rings is 2. The van der Waals surface area contributed by atoms with Gasteiger partial charge in [-0.25, -0.2) is 9.97 Å². The van der Waals surface area contributed by atoms with Gasteiger partial charge in [0.15, 0.2) is 0 Å². The molecule has 0 radical (unpaired) electrons. The van der Waals surface area contributed by atoms with Crippen LogP contribution in [0.2, 0.25) is 0 Å². The number of rotatable bonds is 6. The summed E-state index contributed by atoms with van der Waals surface area (Å²) < 4.78 is 7.78. The van der Waals surface area contributed by atoms with Gasteiger partial charge >= 0.3 is 0 Å². The number of ether oxygens (including phenoxy) is 1. The maximum atomic E-state index is 5.87. The zero-order valence-electron chi connectivity index (χ0n) is 20.4. The molecule has 5 rings (SSSR count). The second-order valence-corrected chi connectivity index (χ2v) is 9.55. The highest BCUT2D eigenvalue weighted by Crippen LogP contribution is 2.34. The van der Waals surface area contributed by atoms with Crippen molar-refractivity contribution < 1.29 is 4.74 Å². The minimum absolute atomic E-state index is 0.122. The van der Waals surface area contributed by atoms with E-state index in [2.05, 4.69) is 46.8 Å². The zero-order valence-corrected chi connectivity index (χ0v) is 20.4. The first kappa shape index (κ1) is 22.5. The number of imidazole rings is 2. The lowest BCUT2D eigenvalue weighted by molar-refractivity contribution is 0.302. The number of aromatic amines is 1. The van der Waals surface area contributed by atoms with Crippen LogP contribution < -0.4 is 4.74 Å². The van der Waals surface area contributed by atoms with E-state index in [0.717, 1.165) is 51.2 Å². The molecule has 0 aliphatic heterocycles. The molecule has 1 N–H and O–H groups in total. The summed E-state index contributed by atoms with van der Waals surface area (Å²) in [6.07, 6.45) is 7.34. The molecule has 4 heterocycles. The smallest absolute Gasteiger partial charge is 0.132 e. The van der Waals surface area contributed by atoms with Gasteiger partial charge in [0, 0.05) is 42.2 Å². The lowest BCUT2D eigenvalue weighted by Gasteiger charge is -2.14. The summed E-state index contributed by atoms with van der Waals surface area (Å²) in [7, 11) is 1.94. The molecule has 0 atom stereocenters. The predicted molar refractivity (Wildman–Crippen MR) is 137 cm³/mol. The molecule has 0 unspecified atom stereocenters. The minimum atomic E-state index is -0.122. The number of benzene rings is 1. The van der Waals surface area contributed by atoms with Gasteiger partial charge in [0.2, 0.25) is 0 Å². The van der Waals surface area contributed by atoms with Gasteiger partial charge in [-0.1, -0.05) is 26.8 Å². The molecular weight excluding hydrogens is 436 g/mol. The summed E-state index contributed by atoms with van der Waals surface area (Å²) in [6, 6.07) is 17.9. The van der Waals surface area contributed by atoms with Gasteiger partial charge in [0.1, 0.15) is 18.2 Å². The Balaban J connectivity index is 1.44. The number of hydrogen-bond acceptors (Lipinski definition) is 5. The minimum Gasteiger partial charge on any atom is -0.487 e. The SMILES string of the molecule is Cn1cnc(COc2ccc(-c3cc(-c4nc(C(C)(C)C)[nH]c4-c4ccccn4)ccn3)cc2)c1. The molecule has 0 saturated carbocycles. The first-order valence-corrected chi connectivity index (χ1v) is 11.6. The predicted octanol–water partition coefficient (Wildman–Crippen LogP) is 5.81. The Morgan fingerprint density at radius 1 is 0.886 bits per heavy atom. The number of H-pyrrole nitrogens is 1. The molecule has 0 aliphatic carbocycles. The monoisotopic (exact) mass is 464 g/mol. The van der Waals surface area contributed by atoms with Crippen LogP contribution in [0.4, 0.5) is 0 Å².